The van der Waals surface area contributed by atoms with E-state index in [0.29, 0.717) is 6.04 Å². The Kier molecular flexibility index (Phi) is 3.51. The van der Waals surface area contributed by atoms with Crippen LogP contribution < -0.4 is 0 Å². The average molecular weight is 188 g/mol. The van der Waals surface area contributed by atoms with Gasteiger partial charge in [0, 0.05) is 6.04 Å². The van der Waals surface area contributed by atoms with Crippen molar-refractivity contribution in [3.05, 3.63) is 0 Å². The van der Waals surface area contributed by atoms with E-state index >= 15 is 0 Å². The highest BCUT2D eigenvalue weighted by Gasteiger charge is 2.16. The molecule has 0 aromatic heterocycles. The molecule has 0 aliphatic heterocycles. The molecule has 0 fully saturated rings. The second-order valence-electron chi connectivity index (χ2n) is 3.85. The molecule has 4 heteroatoms. The van der Waals surface area contributed by atoms with Crippen LogP contribution in [0.4, 0.5) is 0 Å². The predicted molar refractivity (Wildman–Crippen MR) is 52.0 cm³/mol. The van der Waals surface area contributed by atoms with Gasteiger partial charge in [0.15, 0.2) is 8.32 Å². The lowest BCUT2D eigenvalue weighted by atomic mass is 10.8. The van der Waals surface area contributed by atoms with Gasteiger partial charge in [0.25, 0.3) is 8.32 Å². The van der Waals surface area contributed by atoms with Crippen molar-refractivity contribution < 1.29 is 9.59 Å². The maximum atomic E-state index is 9.38. The summed E-state index contributed by atoms with van der Waals surface area (Å²) in [6.45, 7) is 7.22. The Balaban J connectivity index is 3.94. The van der Waals surface area contributed by atoms with Crippen molar-refractivity contribution in [2.24, 2.45) is 0 Å². The molecule has 0 aromatic carbocycles. The van der Waals surface area contributed by atoms with Crippen LogP contribution in [0.2, 0.25) is 32.2 Å². The van der Waals surface area contributed by atoms with Crippen LogP contribution in [0.3, 0.4) is 0 Å². The Labute approximate surface area is 70.5 Å². The lowest BCUT2D eigenvalue weighted by Gasteiger charge is -2.08. The fourth-order valence-corrected chi connectivity index (χ4v) is 1.70. The van der Waals surface area contributed by atoms with Gasteiger partial charge in [0.2, 0.25) is 0 Å². The third-order valence-corrected chi connectivity index (χ3v) is 2.75. The van der Waals surface area contributed by atoms with Crippen molar-refractivity contribution >= 4 is 16.6 Å². The molecule has 0 atom stereocenters. The zero-order chi connectivity index (χ0) is 9.12. The van der Waals surface area contributed by atoms with Gasteiger partial charge >= 0.3 is 0 Å². The zero-order valence-corrected chi connectivity index (χ0v) is 9.60. The number of hydrogen-bond acceptors (Lipinski definition) is 2. The summed E-state index contributed by atoms with van der Waals surface area (Å²) in [6.07, 6.45) is 0. The third-order valence-electron chi connectivity index (χ3n) is 0.915. The Bertz CT molecular complexity index is 177. The minimum Gasteiger partial charge on any atom is -0.431 e. The van der Waals surface area contributed by atoms with E-state index in [-0.39, 0.29) is 0 Å². The van der Waals surface area contributed by atoms with E-state index < -0.39 is 16.6 Å². The summed E-state index contributed by atoms with van der Waals surface area (Å²) < 4.78 is 0. The first-order chi connectivity index (χ1) is 4.71. The van der Waals surface area contributed by atoms with Gasteiger partial charge in [0.05, 0.1) is 0 Å². The van der Waals surface area contributed by atoms with Gasteiger partial charge in [-0.05, 0) is 26.2 Å². The Morgan fingerprint density at radius 1 is 1.09 bits per heavy atom. The molecule has 0 aromatic rings. The first-order valence-electron chi connectivity index (χ1n) is 3.65. The Morgan fingerprint density at radius 3 is 1.82 bits per heavy atom. The van der Waals surface area contributed by atoms with Gasteiger partial charge in [-0.25, -0.2) is 0 Å². The predicted octanol–water partition coefficient (Wildman–Crippen LogP) is 0.924. The molecule has 11 heavy (non-hydrogen) atoms. The minimum atomic E-state index is -2.21. The molecule has 0 amide bonds. The SMILES string of the molecule is C[Si](C)(O)C#CC[Si](C)(C)O. The van der Waals surface area contributed by atoms with Crippen LogP contribution in [0, 0.1) is 11.5 Å². The van der Waals surface area contributed by atoms with Crippen LogP contribution in [0.5, 0.6) is 0 Å². The van der Waals surface area contributed by atoms with E-state index in [0.717, 1.165) is 0 Å². The van der Waals surface area contributed by atoms with Gasteiger partial charge < -0.3 is 9.59 Å². The van der Waals surface area contributed by atoms with Crippen molar-refractivity contribution in [2.75, 3.05) is 0 Å². The molecule has 0 aliphatic carbocycles. The maximum absolute atomic E-state index is 9.38. The van der Waals surface area contributed by atoms with Crippen LogP contribution in [-0.2, 0) is 0 Å². The molecule has 0 saturated carbocycles. The van der Waals surface area contributed by atoms with Gasteiger partial charge in [-0.1, -0.05) is 5.54 Å². The average Bonchev–Trinajstić information content (AvgIpc) is 1.55. The molecule has 0 saturated heterocycles. The largest absolute Gasteiger partial charge is 0.431 e. The lowest BCUT2D eigenvalue weighted by Crippen LogP contribution is -2.25. The molecule has 0 unspecified atom stereocenters. The molecular formula is C7H16O2Si2. The molecule has 0 radical (unpaired) electrons. The smallest absolute Gasteiger partial charge is 0.263 e. The molecular weight excluding hydrogens is 172 g/mol. The summed E-state index contributed by atoms with van der Waals surface area (Å²) in [7, 11) is -4.23. The molecule has 0 rings (SSSR count). The van der Waals surface area contributed by atoms with Crippen molar-refractivity contribution in [3.63, 3.8) is 0 Å². The van der Waals surface area contributed by atoms with E-state index in [2.05, 4.69) is 11.5 Å². The number of rotatable bonds is 1. The molecule has 2 N–H and O–H groups in total. The molecule has 0 bridgehead atoms. The Hall–Kier alpha value is -0.0862. The van der Waals surface area contributed by atoms with Gasteiger partial charge in [-0.2, -0.15) is 0 Å². The summed E-state index contributed by atoms with van der Waals surface area (Å²) in [5.74, 6) is 2.84. The molecule has 0 spiro atoms. The van der Waals surface area contributed by atoms with Gasteiger partial charge in [-0.3, -0.25) is 0 Å². The standard InChI is InChI=1S/C7H16O2Si2/c1-10(2,8)6-5-7-11(3,4)9/h8-9H,6H2,1-4H3. The molecule has 0 heterocycles. The highest BCUT2D eigenvalue weighted by atomic mass is 28.4. The summed E-state index contributed by atoms with van der Waals surface area (Å²) in [4.78, 5) is 18.7. The van der Waals surface area contributed by atoms with Gasteiger partial charge in [-0.15, -0.1) is 5.92 Å². The van der Waals surface area contributed by atoms with Crippen LogP contribution in [0.1, 0.15) is 0 Å². The summed E-state index contributed by atoms with van der Waals surface area (Å²) in [5.41, 5.74) is 2.80. The van der Waals surface area contributed by atoms with E-state index in [1.165, 1.54) is 0 Å². The van der Waals surface area contributed by atoms with Crippen LogP contribution >= 0.6 is 0 Å². The quantitative estimate of drug-likeness (QED) is 0.475. The van der Waals surface area contributed by atoms with Crippen molar-refractivity contribution in [1.29, 1.82) is 0 Å². The highest BCUT2D eigenvalue weighted by molar-refractivity contribution is 6.78. The first-order valence-corrected chi connectivity index (χ1v) is 9.76. The molecule has 2 nitrogen and oxygen atoms in total. The van der Waals surface area contributed by atoms with Crippen molar-refractivity contribution in [3.8, 4) is 11.5 Å². The van der Waals surface area contributed by atoms with E-state index in [9.17, 15) is 9.59 Å². The normalized spacial score (nSPS) is 12.2. The molecule has 64 valence electrons. The zero-order valence-electron chi connectivity index (χ0n) is 7.60. The van der Waals surface area contributed by atoms with Crippen molar-refractivity contribution in [2.45, 2.75) is 32.2 Å². The van der Waals surface area contributed by atoms with Crippen LogP contribution in [-0.4, -0.2) is 26.2 Å². The third kappa shape index (κ3) is 9.91. The fraction of sp³-hybridized carbons (Fsp3) is 0.714. The van der Waals surface area contributed by atoms with E-state index in [1.54, 1.807) is 13.1 Å². The topological polar surface area (TPSA) is 40.5 Å². The van der Waals surface area contributed by atoms with Crippen molar-refractivity contribution in [1.82, 2.24) is 0 Å². The lowest BCUT2D eigenvalue weighted by molar-refractivity contribution is 0.555. The minimum absolute atomic E-state index is 0.560. The van der Waals surface area contributed by atoms with Crippen LogP contribution in [0.25, 0.3) is 0 Å². The second-order valence-corrected chi connectivity index (χ2v) is 11.2. The molecule has 0 aliphatic rings. The Morgan fingerprint density at radius 2 is 1.55 bits per heavy atom. The highest BCUT2D eigenvalue weighted by Crippen LogP contribution is 2.02. The monoisotopic (exact) mass is 188 g/mol. The summed E-state index contributed by atoms with van der Waals surface area (Å²) in [5, 5.41) is 0. The first kappa shape index (κ1) is 10.9. The maximum Gasteiger partial charge on any atom is 0.263 e. The van der Waals surface area contributed by atoms with Crippen LogP contribution in [0.15, 0.2) is 0 Å². The second kappa shape index (κ2) is 3.54. The van der Waals surface area contributed by atoms with Gasteiger partial charge in [0.1, 0.15) is 0 Å². The summed E-state index contributed by atoms with van der Waals surface area (Å²) in [6, 6.07) is 0.560. The number of hydrogen-bond donors (Lipinski definition) is 2. The fourth-order valence-electron chi connectivity index (χ4n) is 0.477. The van der Waals surface area contributed by atoms with E-state index in [1.807, 2.05) is 13.1 Å². The summed E-state index contributed by atoms with van der Waals surface area (Å²) >= 11 is 0. The van der Waals surface area contributed by atoms with E-state index in [4.69, 9.17) is 0 Å².